The van der Waals surface area contributed by atoms with E-state index in [-0.39, 0.29) is 11.0 Å². The number of nitrogens with zero attached hydrogens (tertiary/aromatic N) is 2. The molecule has 0 saturated carbocycles. The summed E-state index contributed by atoms with van der Waals surface area (Å²) in [6.07, 6.45) is 1.57. The van der Waals surface area contributed by atoms with Crippen LogP contribution in [0, 0.1) is 6.92 Å². The Balaban J connectivity index is 1.67. The number of benzene rings is 1. The minimum atomic E-state index is -0.350. The number of ether oxygens (including phenoxy) is 1. The van der Waals surface area contributed by atoms with Crippen LogP contribution in [-0.2, 0) is 0 Å². The van der Waals surface area contributed by atoms with Gasteiger partial charge in [0, 0.05) is 5.56 Å². The zero-order valence-corrected chi connectivity index (χ0v) is 15.0. The molecule has 1 atom stereocenters. The SMILES string of the molecule is CCOc1ccc(C(=O)[C@H](C)Sc2nnc(-c3ccoc3C)o2)cc1. The highest BCUT2D eigenvalue weighted by molar-refractivity contribution is 8.00. The first-order chi connectivity index (χ1) is 12.1. The Morgan fingerprint density at radius 3 is 2.64 bits per heavy atom. The van der Waals surface area contributed by atoms with Crippen LogP contribution in [0.15, 0.2) is 50.7 Å². The van der Waals surface area contributed by atoms with Crippen LogP contribution in [0.3, 0.4) is 0 Å². The van der Waals surface area contributed by atoms with Gasteiger partial charge in [0.25, 0.3) is 11.1 Å². The summed E-state index contributed by atoms with van der Waals surface area (Å²) >= 11 is 1.23. The molecule has 3 aromatic rings. The molecule has 0 N–H and O–H groups in total. The van der Waals surface area contributed by atoms with Gasteiger partial charge in [-0.2, -0.15) is 0 Å². The molecule has 0 bridgehead atoms. The van der Waals surface area contributed by atoms with Crippen LogP contribution < -0.4 is 4.74 Å². The second-order valence-corrected chi connectivity index (χ2v) is 6.64. The number of carbonyl (C=O) groups is 1. The summed E-state index contributed by atoms with van der Waals surface area (Å²) in [5.41, 5.74) is 1.37. The Morgan fingerprint density at radius 1 is 1.24 bits per heavy atom. The van der Waals surface area contributed by atoms with Crippen molar-refractivity contribution in [1.29, 1.82) is 0 Å². The van der Waals surface area contributed by atoms with Crippen LogP contribution in [0.4, 0.5) is 0 Å². The molecule has 0 aliphatic heterocycles. The average molecular weight is 358 g/mol. The van der Waals surface area contributed by atoms with Crippen LogP contribution in [0.2, 0.25) is 0 Å². The third kappa shape index (κ3) is 3.93. The molecule has 0 saturated heterocycles. The zero-order chi connectivity index (χ0) is 17.8. The Bertz CT molecular complexity index is 854. The molecule has 2 aromatic heterocycles. The first-order valence-corrected chi connectivity index (χ1v) is 8.78. The fourth-order valence-electron chi connectivity index (χ4n) is 2.29. The van der Waals surface area contributed by atoms with Gasteiger partial charge in [-0.1, -0.05) is 11.8 Å². The van der Waals surface area contributed by atoms with E-state index in [1.807, 2.05) is 20.8 Å². The lowest BCUT2D eigenvalue weighted by atomic mass is 10.1. The van der Waals surface area contributed by atoms with Crippen molar-refractivity contribution in [1.82, 2.24) is 10.2 Å². The van der Waals surface area contributed by atoms with Crippen molar-refractivity contribution in [3.8, 4) is 17.2 Å². The summed E-state index contributed by atoms with van der Waals surface area (Å²) in [6, 6.07) is 8.88. The molecular formula is C18H18N2O4S. The van der Waals surface area contributed by atoms with E-state index in [0.29, 0.717) is 29.0 Å². The molecule has 0 spiro atoms. The molecular weight excluding hydrogens is 340 g/mol. The van der Waals surface area contributed by atoms with Crippen molar-refractivity contribution < 1.29 is 18.4 Å². The van der Waals surface area contributed by atoms with Gasteiger partial charge >= 0.3 is 0 Å². The molecule has 0 aliphatic rings. The first-order valence-electron chi connectivity index (χ1n) is 7.90. The molecule has 0 amide bonds. The van der Waals surface area contributed by atoms with Crippen LogP contribution in [-0.4, -0.2) is 27.8 Å². The Hall–Kier alpha value is -2.54. The van der Waals surface area contributed by atoms with E-state index in [1.54, 1.807) is 36.6 Å². The van der Waals surface area contributed by atoms with Crippen molar-refractivity contribution in [3.63, 3.8) is 0 Å². The topological polar surface area (TPSA) is 78.4 Å². The number of Topliss-reactive ketones (excluding diaryl/α,β-unsaturated/α-hetero) is 1. The lowest BCUT2D eigenvalue weighted by Gasteiger charge is -2.08. The molecule has 6 nitrogen and oxygen atoms in total. The minimum absolute atomic E-state index is 0.00714. The number of thioether (sulfide) groups is 1. The second-order valence-electron chi connectivity index (χ2n) is 5.35. The number of aromatic nitrogens is 2. The van der Waals surface area contributed by atoms with Crippen molar-refractivity contribution >= 4 is 17.5 Å². The quantitative estimate of drug-likeness (QED) is 0.457. The Labute approximate surface area is 149 Å². The molecule has 0 aliphatic carbocycles. The smallest absolute Gasteiger partial charge is 0.277 e. The largest absolute Gasteiger partial charge is 0.494 e. The summed E-state index contributed by atoms with van der Waals surface area (Å²) in [4.78, 5) is 12.5. The average Bonchev–Trinajstić information content (AvgIpc) is 3.24. The standard InChI is InChI=1S/C18H18N2O4S/c1-4-22-14-7-5-13(6-8-14)16(21)12(3)25-18-20-19-17(24-18)15-9-10-23-11(15)2/h5-10,12H,4H2,1-3H3/t12-/m0/s1. The molecule has 0 radical (unpaired) electrons. The molecule has 0 fully saturated rings. The van der Waals surface area contributed by atoms with Crippen molar-refractivity contribution in [2.45, 2.75) is 31.2 Å². The first kappa shape index (κ1) is 17.3. The number of ketones is 1. The molecule has 1 aromatic carbocycles. The van der Waals surface area contributed by atoms with Gasteiger partial charge in [0.05, 0.1) is 23.7 Å². The summed E-state index contributed by atoms with van der Waals surface area (Å²) in [5.74, 6) is 1.83. The third-order valence-electron chi connectivity index (χ3n) is 3.59. The van der Waals surface area contributed by atoms with Crippen LogP contribution in [0.25, 0.3) is 11.5 Å². The second kappa shape index (κ2) is 7.57. The van der Waals surface area contributed by atoms with Gasteiger partial charge in [-0.05, 0) is 51.1 Å². The molecule has 2 heterocycles. The molecule has 7 heteroatoms. The molecule has 25 heavy (non-hydrogen) atoms. The van der Waals surface area contributed by atoms with Crippen LogP contribution >= 0.6 is 11.8 Å². The summed E-state index contributed by atoms with van der Waals surface area (Å²) in [5, 5.41) is 8.01. The van der Waals surface area contributed by atoms with Gasteiger partial charge in [0.1, 0.15) is 11.5 Å². The number of aryl methyl sites for hydroxylation is 1. The van der Waals surface area contributed by atoms with Gasteiger partial charge in [-0.15, -0.1) is 10.2 Å². The van der Waals surface area contributed by atoms with E-state index in [9.17, 15) is 4.79 Å². The summed E-state index contributed by atoms with van der Waals surface area (Å²) < 4.78 is 16.2. The van der Waals surface area contributed by atoms with Gasteiger partial charge in [0.15, 0.2) is 5.78 Å². The predicted molar refractivity (Wildman–Crippen MR) is 94.0 cm³/mol. The van der Waals surface area contributed by atoms with Gasteiger partial charge in [-0.25, -0.2) is 0 Å². The lowest BCUT2D eigenvalue weighted by Crippen LogP contribution is -2.13. The number of hydrogen-bond acceptors (Lipinski definition) is 7. The maximum Gasteiger partial charge on any atom is 0.277 e. The number of rotatable bonds is 7. The lowest BCUT2D eigenvalue weighted by molar-refractivity contribution is 0.0993. The van der Waals surface area contributed by atoms with Gasteiger partial charge < -0.3 is 13.6 Å². The Kier molecular flexibility index (Phi) is 5.23. The summed E-state index contributed by atoms with van der Waals surface area (Å²) in [6.45, 7) is 6.15. The maximum atomic E-state index is 12.5. The Morgan fingerprint density at radius 2 is 2.00 bits per heavy atom. The maximum absolute atomic E-state index is 12.5. The molecule has 3 rings (SSSR count). The summed E-state index contributed by atoms with van der Waals surface area (Å²) in [7, 11) is 0. The van der Waals surface area contributed by atoms with Gasteiger partial charge in [-0.3, -0.25) is 4.79 Å². The van der Waals surface area contributed by atoms with Crippen LogP contribution in [0.5, 0.6) is 5.75 Å². The third-order valence-corrected chi connectivity index (χ3v) is 4.53. The van der Waals surface area contributed by atoms with E-state index in [1.165, 1.54) is 11.8 Å². The number of furan rings is 1. The van der Waals surface area contributed by atoms with E-state index in [0.717, 1.165) is 11.3 Å². The fraction of sp³-hybridized carbons (Fsp3) is 0.278. The highest BCUT2D eigenvalue weighted by Gasteiger charge is 2.21. The molecule has 0 unspecified atom stereocenters. The minimum Gasteiger partial charge on any atom is -0.494 e. The zero-order valence-electron chi connectivity index (χ0n) is 14.2. The van der Waals surface area contributed by atoms with Gasteiger partial charge in [0.2, 0.25) is 0 Å². The van der Waals surface area contributed by atoms with Crippen LogP contribution in [0.1, 0.15) is 30.0 Å². The molecule has 130 valence electrons. The van der Waals surface area contributed by atoms with Crippen molar-refractivity contribution in [2.24, 2.45) is 0 Å². The van der Waals surface area contributed by atoms with Crippen molar-refractivity contribution in [3.05, 3.63) is 47.9 Å². The van der Waals surface area contributed by atoms with E-state index >= 15 is 0 Å². The van der Waals surface area contributed by atoms with Crippen molar-refractivity contribution in [2.75, 3.05) is 6.61 Å². The fourth-order valence-corrected chi connectivity index (χ4v) is 3.06. The number of carbonyl (C=O) groups excluding carboxylic acids is 1. The normalized spacial score (nSPS) is 12.1. The van der Waals surface area contributed by atoms with E-state index in [4.69, 9.17) is 13.6 Å². The predicted octanol–water partition coefficient (Wildman–Crippen LogP) is 4.40. The number of hydrogen-bond donors (Lipinski definition) is 0. The highest BCUT2D eigenvalue weighted by atomic mass is 32.2. The monoisotopic (exact) mass is 358 g/mol. The van der Waals surface area contributed by atoms with E-state index < -0.39 is 0 Å². The highest BCUT2D eigenvalue weighted by Crippen LogP contribution is 2.29. The van der Waals surface area contributed by atoms with E-state index in [2.05, 4.69) is 10.2 Å².